The van der Waals surface area contributed by atoms with Crippen molar-refractivity contribution in [3.05, 3.63) is 58.7 Å². The SMILES string of the molecule is Cc1nc(C)c(/C=C/[C@H](O)C[C@H](O)CC(=O)O)c(-c2ccc(F)cc2)c1C#N. The Kier molecular flexibility index (Phi) is 6.99. The highest BCUT2D eigenvalue weighted by Crippen LogP contribution is 2.32. The van der Waals surface area contributed by atoms with E-state index >= 15 is 0 Å². The fraction of sp³-hybridized carbons (Fsp3) is 0.286. The number of nitriles is 1. The first kappa shape index (κ1) is 21.2. The average Bonchev–Trinajstić information content (AvgIpc) is 2.60. The molecule has 0 spiro atoms. The van der Waals surface area contributed by atoms with E-state index in [9.17, 15) is 24.7 Å². The number of aliphatic hydroxyl groups excluding tert-OH is 2. The molecule has 0 aliphatic heterocycles. The Hall–Kier alpha value is -3.08. The van der Waals surface area contributed by atoms with Crippen LogP contribution in [0.4, 0.5) is 4.39 Å². The number of carboxylic acid groups (broad SMARTS) is 1. The minimum absolute atomic E-state index is 0.141. The molecule has 2 atom stereocenters. The van der Waals surface area contributed by atoms with Crippen molar-refractivity contribution < 1.29 is 24.5 Å². The maximum absolute atomic E-state index is 13.3. The number of hydrogen-bond donors (Lipinski definition) is 3. The largest absolute Gasteiger partial charge is 0.481 e. The van der Waals surface area contributed by atoms with E-state index in [1.807, 2.05) is 0 Å². The summed E-state index contributed by atoms with van der Waals surface area (Å²) in [5.41, 5.74) is 3.28. The van der Waals surface area contributed by atoms with Gasteiger partial charge in [0.25, 0.3) is 0 Å². The highest BCUT2D eigenvalue weighted by molar-refractivity contribution is 5.82. The molecule has 6 nitrogen and oxygen atoms in total. The summed E-state index contributed by atoms with van der Waals surface area (Å²) in [4.78, 5) is 15.0. The third-order valence-corrected chi connectivity index (χ3v) is 4.26. The molecular formula is C21H21FN2O4. The third-order valence-electron chi connectivity index (χ3n) is 4.26. The molecule has 2 rings (SSSR count). The van der Waals surface area contributed by atoms with Crippen molar-refractivity contribution in [2.24, 2.45) is 0 Å². The Morgan fingerprint density at radius 1 is 1.25 bits per heavy atom. The minimum Gasteiger partial charge on any atom is -0.481 e. The fourth-order valence-corrected chi connectivity index (χ4v) is 2.97. The number of hydrogen-bond acceptors (Lipinski definition) is 5. The van der Waals surface area contributed by atoms with Gasteiger partial charge < -0.3 is 15.3 Å². The van der Waals surface area contributed by atoms with Crippen LogP contribution in [0.1, 0.15) is 35.4 Å². The molecule has 0 radical (unpaired) electrons. The Morgan fingerprint density at radius 2 is 1.89 bits per heavy atom. The summed E-state index contributed by atoms with van der Waals surface area (Å²) >= 11 is 0. The molecule has 0 saturated heterocycles. The lowest BCUT2D eigenvalue weighted by Gasteiger charge is -2.15. The second kappa shape index (κ2) is 9.22. The summed E-state index contributed by atoms with van der Waals surface area (Å²) in [6, 6.07) is 7.85. The van der Waals surface area contributed by atoms with Gasteiger partial charge >= 0.3 is 5.97 Å². The topological polar surface area (TPSA) is 114 Å². The smallest absolute Gasteiger partial charge is 0.305 e. The van der Waals surface area contributed by atoms with Gasteiger partial charge in [-0.15, -0.1) is 0 Å². The van der Waals surface area contributed by atoms with Crippen molar-refractivity contribution >= 4 is 12.0 Å². The van der Waals surface area contributed by atoms with Crippen LogP contribution >= 0.6 is 0 Å². The van der Waals surface area contributed by atoms with Gasteiger partial charge in [-0.25, -0.2) is 4.39 Å². The summed E-state index contributed by atoms with van der Waals surface area (Å²) in [6.45, 7) is 3.47. The Bertz CT molecular complexity index is 933. The van der Waals surface area contributed by atoms with Crippen LogP contribution in [-0.2, 0) is 4.79 Å². The zero-order chi connectivity index (χ0) is 20.8. The number of halogens is 1. The number of aliphatic carboxylic acids is 1. The molecule has 28 heavy (non-hydrogen) atoms. The first-order chi connectivity index (χ1) is 13.2. The van der Waals surface area contributed by atoms with Crippen LogP contribution in [-0.4, -0.2) is 38.5 Å². The molecular weight excluding hydrogens is 363 g/mol. The number of rotatable bonds is 7. The summed E-state index contributed by atoms with van der Waals surface area (Å²) in [6.07, 6.45) is 0.133. The fourth-order valence-electron chi connectivity index (χ4n) is 2.97. The zero-order valence-electron chi connectivity index (χ0n) is 15.6. The maximum atomic E-state index is 13.3. The van der Waals surface area contributed by atoms with Gasteiger partial charge in [-0.05, 0) is 31.5 Å². The third kappa shape index (κ3) is 5.22. The van der Waals surface area contributed by atoms with E-state index in [2.05, 4.69) is 11.1 Å². The average molecular weight is 384 g/mol. The molecule has 3 N–H and O–H groups in total. The normalized spacial score (nSPS) is 13.3. The molecule has 0 fully saturated rings. The number of aryl methyl sites for hydroxylation is 2. The highest BCUT2D eigenvalue weighted by atomic mass is 19.1. The molecule has 7 heteroatoms. The van der Waals surface area contributed by atoms with Gasteiger partial charge in [-0.1, -0.05) is 24.3 Å². The van der Waals surface area contributed by atoms with Crippen molar-refractivity contribution in [2.45, 2.75) is 38.9 Å². The van der Waals surface area contributed by atoms with Crippen LogP contribution in [0.3, 0.4) is 0 Å². The first-order valence-electron chi connectivity index (χ1n) is 8.66. The van der Waals surface area contributed by atoms with Gasteiger partial charge in [0.2, 0.25) is 0 Å². The van der Waals surface area contributed by atoms with Gasteiger partial charge in [-0.3, -0.25) is 9.78 Å². The molecule has 0 amide bonds. The van der Waals surface area contributed by atoms with E-state index in [0.29, 0.717) is 33.6 Å². The molecule has 0 aliphatic carbocycles. The number of aliphatic hydroxyl groups is 2. The molecule has 1 aromatic carbocycles. The van der Waals surface area contributed by atoms with Gasteiger partial charge in [0, 0.05) is 23.2 Å². The van der Waals surface area contributed by atoms with Crippen LogP contribution in [0.25, 0.3) is 17.2 Å². The van der Waals surface area contributed by atoms with Crippen molar-refractivity contribution in [1.82, 2.24) is 4.98 Å². The van der Waals surface area contributed by atoms with E-state index in [1.165, 1.54) is 18.2 Å². The highest BCUT2D eigenvalue weighted by Gasteiger charge is 2.17. The number of benzene rings is 1. The monoisotopic (exact) mass is 384 g/mol. The Morgan fingerprint density at radius 3 is 2.46 bits per heavy atom. The second-order valence-electron chi connectivity index (χ2n) is 6.48. The molecule has 146 valence electrons. The Labute approximate surface area is 162 Å². The maximum Gasteiger partial charge on any atom is 0.305 e. The van der Waals surface area contributed by atoms with Crippen molar-refractivity contribution in [1.29, 1.82) is 5.26 Å². The van der Waals surface area contributed by atoms with Crippen LogP contribution in [0, 0.1) is 31.0 Å². The lowest BCUT2D eigenvalue weighted by Crippen LogP contribution is -2.19. The summed E-state index contributed by atoms with van der Waals surface area (Å²) in [5, 5.41) is 38.0. The van der Waals surface area contributed by atoms with Crippen molar-refractivity contribution in [3.8, 4) is 17.2 Å². The number of pyridine rings is 1. The van der Waals surface area contributed by atoms with E-state index < -0.39 is 30.4 Å². The number of carbonyl (C=O) groups is 1. The number of nitrogens with zero attached hydrogens (tertiary/aromatic N) is 2. The predicted octanol–water partition coefficient (Wildman–Crippen LogP) is 2.98. The lowest BCUT2D eigenvalue weighted by molar-refractivity contribution is -0.139. The lowest BCUT2D eigenvalue weighted by atomic mass is 9.92. The van der Waals surface area contributed by atoms with Crippen LogP contribution < -0.4 is 0 Å². The number of carboxylic acids is 1. The van der Waals surface area contributed by atoms with Crippen molar-refractivity contribution in [2.75, 3.05) is 0 Å². The summed E-state index contributed by atoms with van der Waals surface area (Å²) in [7, 11) is 0. The van der Waals surface area contributed by atoms with Gasteiger partial charge in [-0.2, -0.15) is 5.26 Å². The van der Waals surface area contributed by atoms with Gasteiger partial charge in [0.05, 0.1) is 29.9 Å². The quantitative estimate of drug-likeness (QED) is 0.676. The molecule has 0 aliphatic rings. The van der Waals surface area contributed by atoms with Crippen molar-refractivity contribution in [3.63, 3.8) is 0 Å². The van der Waals surface area contributed by atoms with Crippen LogP contribution in [0.5, 0.6) is 0 Å². The van der Waals surface area contributed by atoms with Gasteiger partial charge in [0.15, 0.2) is 0 Å². The van der Waals surface area contributed by atoms with E-state index in [1.54, 1.807) is 32.1 Å². The molecule has 1 aromatic heterocycles. The zero-order valence-corrected chi connectivity index (χ0v) is 15.6. The summed E-state index contributed by atoms with van der Waals surface area (Å²) < 4.78 is 13.3. The minimum atomic E-state index is -1.18. The molecule has 0 unspecified atom stereocenters. The van der Waals surface area contributed by atoms with E-state index in [4.69, 9.17) is 5.11 Å². The molecule has 0 bridgehead atoms. The van der Waals surface area contributed by atoms with Crippen LogP contribution in [0.2, 0.25) is 0 Å². The molecule has 1 heterocycles. The predicted molar refractivity (Wildman–Crippen MR) is 102 cm³/mol. The first-order valence-corrected chi connectivity index (χ1v) is 8.66. The van der Waals surface area contributed by atoms with Gasteiger partial charge in [0.1, 0.15) is 11.9 Å². The summed E-state index contributed by atoms with van der Waals surface area (Å²) in [5.74, 6) is -1.55. The molecule has 0 saturated carbocycles. The number of aromatic nitrogens is 1. The second-order valence-corrected chi connectivity index (χ2v) is 6.48. The van der Waals surface area contributed by atoms with E-state index in [0.717, 1.165) is 0 Å². The molecule has 2 aromatic rings. The van der Waals surface area contributed by atoms with Crippen LogP contribution in [0.15, 0.2) is 30.3 Å². The van der Waals surface area contributed by atoms with E-state index in [-0.39, 0.29) is 6.42 Å². The Balaban J connectivity index is 2.45. The standard InChI is InChI=1S/C21H21FN2O4/c1-12-18(8-7-16(25)9-17(26)10-20(27)28)21(19(11-23)13(2)24-12)14-3-5-15(22)6-4-14/h3-8,16-17,25-26H,9-10H2,1-2H3,(H,27,28)/b8-7+/t16-,17-/m0/s1.